The lowest BCUT2D eigenvalue weighted by Crippen LogP contribution is -2.29. The summed E-state index contributed by atoms with van der Waals surface area (Å²) < 4.78 is 7.61. The second kappa shape index (κ2) is 7.15. The number of hydrogen-bond acceptors (Lipinski definition) is 5. The first-order chi connectivity index (χ1) is 12.6. The van der Waals surface area contributed by atoms with Gasteiger partial charge in [0.15, 0.2) is 5.65 Å². The molecule has 2 atom stereocenters. The molecule has 4 rings (SSSR count). The van der Waals surface area contributed by atoms with Gasteiger partial charge in [-0.15, -0.1) is 0 Å². The highest BCUT2D eigenvalue weighted by Gasteiger charge is 2.32. The summed E-state index contributed by atoms with van der Waals surface area (Å²) in [6.45, 7) is 6.05. The topological polar surface area (TPSA) is 62.9 Å². The van der Waals surface area contributed by atoms with Gasteiger partial charge in [-0.2, -0.15) is 5.10 Å². The van der Waals surface area contributed by atoms with E-state index in [-0.39, 0.29) is 12.2 Å². The Morgan fingerprint density at radius 1 is 1.19 bits per heavy atom. The fraction of sp³-hybridized carbons (Fsp3) is 0.400. The van der Waals surface area contributed by atoms with Crippen LogP contribution in [0.3, 0.4) is 0 Å². The van der Waals surface area contributed by atoms with Crippen molar-refractivity contribution in [1.82, 2.24) is 19.5 Å². The SMILES string of the molecule is CC(C)O[C@H]1CN(Cc2cnc3c(-c4ccccc4)cnn3c2)C[C@@H]1O. The summed E-state index contributed by atoms with van der Waals surface area (Å²) >= 11 is 0. The highest BCUT2D eigenvalue weighted by Crippen LogP contribution is 2.23. The molecule has 0 unspecified atom stereocenters. The third kappa shape index (κ3) is 3.49. The number of rotatable bonds is 5. The van der Waals surface area contributed by atoms with Crippen LogP contribution in [0, 0.1) is 0 Å². The third-order valence-electron chi connectivity index (χ3n) is 4.66. The smallest absolute Gasteiger partial charge is 0.162 e. The largest absolute Gasteiger partial charge is 0.389 e. The average molecular weight is 352 g/mol. The number of aliphatic hydroxyl groups excluding tert-OH is 1. The molecule has 0 bridgehead atoms. The summed E-state index contributed by atoms with van der Waals surface area (Å²) in [5.41, 5.74) is 4.05. The van der Waals surface area contributed by atoms with E-state index in [1.807, 2.05) is 55.2 Å². The number of aromatic nitrogens is 3. The molecule has 0 aliphatic carbocycles. The Labute approximate surface area is 153 Å². The first kappa shape index (κ1) is 17.1. The first-order valence-electron chi connectivity index (χ1n) is 9.03. The summed E-state index contributed by atoms with van der Waals surface area (Å²) in [6, 6.07) is 10.2. The van der Waals surface area contributed by atoms with Gasteiger partial charge < -0.3 is 9.84 Å². The van der Waals surface area contributed by atoms with Gasteiger partial charge in [0.05, 0.1) is 24.5 Å². The van der Waals surface area contributed by atoms with Gasteiger partial charge in [-0.25, -0.2) is 9.50 Å². The molecule has 1 fully saturated rings. The monoisotopic (exact) mass is 352 g/mol. The van der Waals surface area contributed by atoms with Crippen LogP contribution >= 0.6 is 0 Å². The number of ether oxygens (including phenoxy) is 1. The lowest BCUT2D eigenvalue weighted by molar-refractivity contribution is -0.0396. The predicted molar refractivity (Wildman–Crippen MR) is 99.7 cm³/mol. The van der Waals surface area contributed by atoms with Crippen molar-refractivity contribution >= 4 is 5.65 Å². The van der Waals surface area contributed by atoms with Crippen molar-refractivity contribution < 1.29 is 9.84 Å². The Morgan fingerprint density at radius 3 is 2.77 bits per heavy atom. The molecule has 26 heavy (non-hydrogen) atoms. The molecule has 3 aromatic rings. The molecule has 1 saturated heterocycles. The molecule has 1 N–H and O–H groups in total. The van der Waals surface area contributed by atoms with Gasteiger partial charge in [0.25, 0.3) is 0 Å². The lowest BCUT2D eigenvalue weighted by Gasteiger charge is -2.18. The number of hydrogen-bond donors (Lipinski definition) is 1. The van der Waals surface area contributed by atoms with E-state index in [4.69, 9.17) is 4.74 Å². The molecule has 1 aromatic carbocycles. The lowest BCUT2D eigenvalue weighted by atomic mass is 10.1. The summed E-state index contributed by atoms with van der Waals surface area (Å²) in [4.78, 5) is 6.82. The number of nitrogens with zero attached hydrogens (tertiary/aromatic N) is 4. The minimum Gasteiger partial charge on any atom is -0.389 e. The molecular formula is C20H24N4O2. The van der Waals surface area contributed by atoms with Gasteiger partial charge in [0.2, 0.25) is 0 Å². The Kier molecular flexibility index (Phi) is 4.72. The van der Waals surface area contributed by atoms with Gasteiger partial charge >= 0.3 is 0 Å². The number of fused-ring (bicyclic) bond motifs is 1. The molecule has 0 saturated carbocycles. The zero-order valence-electron chi connectivity index (χ0n) is 15.1. The fourth-order valence-electron chi connectivity index (χ4n) is 3.52. The second-order valence-electron chi connectivity index (χ2n) is 7.14. The van der Waals surface area contributed by atoms with E-state index >= 15 is 0 Å². The van der Waals surface area contributed by atoms with E-state index in [0.29, 0.717) is 6.54 Å². The second-order valence-corrected chi connectivity index (χ2v) is 7.14. The molecule has 1 aliphatic rings. The standard InChI is InChI=1S/C20H24N4O2/c1-14(2)26-19-13-23(12-18(19)25)10-15-8-21-20-17(9-22-24(20)11-15)16-6-4-3-5-7-16/h3-9,11,14,18-19,25H,10,12-13H2,1-2H3/t18-,19-/m0/s1. The molecule has 6 heteroatoms. The van der Waals surface area contributed by atoms with E-state index in [1.54, 1.807) is 0 Å². The van der Waals surface area contributed by atoms with Gasteiger partial charge in [-0.3, -0.25) is 4.90 Å². The van der Waals surface area contributed by atoms with Crippen molar-refractivity contribution in [3.05, 3.63) is 54.5 Å². The van der Waals surface area contributed by atoms with Crippen molar-refractivity contribution in [2.75, 3.05) is 13.1 Å². The third-order valence-corrected chi connectivity index (χ3v) is 4.66. The Bertz CT molecular complexity index is 878. The molecule has 0 amide bonds. The molecule has 6 nitrogen and oxygen atoms in total. The number of likely N-dealkylation sites (tertiary alicyclic amines) is 1. The van der Waals surface area contributed by atoms with Gasteiger partial charge in [0, 0.05) is 43.2 Å². The molecule has 1 aliphatic heterocycles. The van der Waals surface area contributed by atoms with Crippen LogP contribution in [0.15, 0.2) is 48.9 Å². The van der Waals surface area contributed by atoms with Gasteiger partial charge in [-0.05, 0) is 19.4 Å². The van der Waals surface area contributed by atoms with Gasteiger partial charge in [0.1, 0.15) is 0 Å². The zero-order valence-corrected chi connectivity index (χ0v) is 15.1. The molecule has 2 aromatic heterocycles. The highest BCUT2D eigenvalue weighted by molar-refractivity contribution is 5.76. The van der Waals surface area contributed by atoms with Crippen LogP contribution in [0.1, 0.15) is 19.4 Å². The van der Waals surface area contributed by atoms with E-state index in [1.165, 1.54) is 0 Å². The summed E-state index contributed by atoms with van der Waals surface area (Å²) in [6.07, 6.45) is 5.32. The van der Waals surface area contributed by atoms with Crippen molar-refractivity contribution in [2.45, 2.75) is 38.7 Å². The maximum atomic E-state index is 10.2. The maximum absolute atomic E-state index is 10.2. The van der Waals surface area contributed by atoms with E-state index in [9.17, 15) is 5.11 Å². The van der Waals surface area contributed by atoms with Crippen molar-refractivity contribution in [1.29, 1.82) is 0 Å². The zero-order chi connectivity index (χ0) is 18.1. The van der Waals surface area contributed by atoms with Gasteiger partial charge in [-0.1, -0.05) is 30.3 Å². The fourth-order valence-corrected chi connectivity index (χ4v) is 3.52. The maximum Gasteiger partial charge on any atom is 0.162 e. The Morgan fingerprint density at radius 2 is 2.00 bits per heavy atom. The highest BCUT2D eigenvalue weighted by atomic mass is 16.5. The Hall–Kier alpha value is -2.28. The molecule has 136 valence electrons. The first-order valence-corrected chi connectivity index (χ1v) is 9.03. The minimum atomic E-state index is -0.441. The quantitative estimate of drug-likeness (QED) is 0.764. The molecular weight excluding hydrogens is 328 g/mol. The van der Waals surface area contributed by atoms with Crippen LogP contribution in [0.4, 0.5) is 0 Å². The van der Waals surface area contributed by atoms with E-state index < -0.39 is 6.10 Å². The van der Waals surface area contributed by atoms with Crippen molar-refractivity contribution in [3.8, 4) is 11.1 Å². The van der Waals surface area contributed by atoms with Crippen LogP contribution in [0.25, 0.3) is 16.8 Å². The molecule has 0 spiro atoms. The van der Waals surface area contributed by atoms with Crippen LogP contribution < -0.4 is 0 Å². The van der Waals surface area contributed by atoms with E-state index in [0.717, 1.165) is 35.4 Å². The summed E-state index contributed by atoms with van der Waals surface area (Å²) in [5, 5.41) is 14.6. The van der Waals surface area contributed by atoms with Crippen LogP contribution in [-0.4, -0.2) is 56.0 Å². The number of β-amino-alcohol motifs (C(OH)–C–C–N with tert-alkyl or cyclic N) is 1. The molecule has 3 heterocycles. The number of benzene rings is 1. The summed E-state index contributed by atoms with van der Waals surface area (Å²) in [5.74, 6) is 0. The van der Waals surface area contributed by atoms with Crippen molar-refractivity contribution in [2.24, 2.45) is 0 Å². The minimum absolute atomic E-state index is 0.119. The van der Waals surface area contributed by atoms with E-state index in [2.05, 4.69) is 27.1 Å². The van der Waals surface area contributed by atoms with Crippen LogP contribution in [0.2, 0.25) is 0 Å². The van der Waals surface area contributed by atoms with Crippen LogP contribution in [0.5, 0.6) is 0 Å². The predicted octanol–water partition coefficient (Wildman–Crippen LogP) is 2.37. The number of aliphatic hydroxyl groups is 1. The Balaban J connectivity index is 1.51. The van der Waals surface area contributed by atoms with Crippen molar-refractivity contribution in [3.63, 3.8) is 0 Å². The van der Waals surface area contributed by atoms with Crippen LogP contribution in [-0.2, 0) is 11.3 Å². The molecule has 0 radical (unpaired) electrons. The normalized spacial score (nSPS) is 21.1. The summed E-state index contributed by atoms with van der Waals surface area (Å²) in [7, 11) is 0. The average Bonchev–Trinajstić information content (AvgIpc) is 3.18.